The Morgan fingerprint density at radius 1 is 1.14 bits per heavy atom. The molecule has 7 nitrogen and oxygen atoms in total. The van der Waals surface area contributed by atoms with Gasteiger partial charge in [-0.25, -0.2) is 14.5 Å². The van der Waals surface area contributed by atoms with E-state index < -0.39 is 0 Å². The smallest absolute Gasteiger partial charge is 0.185 e. The molecule has 5 rings (SSSR count). The summed E-state index contributed by atoms with van der Waals surface area (Å²) < 4.78 is 7.28. The number of hydrogen-bond acceptors (Lipinski definition) is 7. The van der Waals surface area contributed by atoms with Crippen LogP contribution >= 0.6 is 11.3 Å². The molecule has 4 aromatic rings. The third-order valence-corrected chi connectivity index (χ3v) is 6.20. The summed E-state index contributed by atoms with van der Waals surface area (Å²) in [6, 6.07) is 8.09. The lowest BCUT2D eigenvalue weighted by Gasteiger charge is -2.32. The fraction of sp³-hybridized carbons (Fsp3) is 0.350. The van der Waals surface area contributed by atoms with Gasteiger partial charge in [-0.05, 0) is 19.2 Å². The lowest BCUT2D eigenvalue weighted by Crippen LogP contribution is -2.44. The molecule has 0 saturated carbocycles. The maximum atomic E-state index is 5.44. The lowest BCUT2D eigenvalue weighted by molar-refractivity contribution is 0.312. The van der Waals surface area contributed by atoms with Gasteiger partial charge in [-0.3, -0.25) is 0 Å². The molecule has 144 valence electrons. The Hall–Kier alpha value is -2.71. The monoisotopic (exact) mass is 394 g/mol. The van der Waals surface area contributed by atoms with Crippen molar-refractivity contribution >= 4 is 32.9 Å². The fourth-order valence-electron chi connectivity index (χ4n) is 3.67. The topological polar surface area (TPSA) is 58.8 Å². The summed E-state index contributed by atoms with van der Waals surface area (Å²) in [5.74, 6) is 0.777. The first-order valence-electron chi connectivity index (χ1n) is 9.39. The van der Waals surface area contributed by atoms with Crippen LogP contribution in [0.5, 0.6) is 5.75 Å². The Bertz CT molecular complexity index is 1130. The van der Waals surface area contributed by atoms with Crippen LogP contribution in [0, 0.1) is 0 Å². The Balaban J connectivity index is 1.42. The summed E-state index contributed by atoms with van der Waals surface area (Å²) >= 11 is 1.72. The van der Waals surface area contributed by atoms with Gasteiger partial charge in [0.25, 0.3) is 0 Å². The Kier molecular flexibility index (Phi) is 4.37. The predicted octanol–water partition coefficient (Wildman–Crippen LogP) is 2.69. The molecule has 4 heterocycles. The number of rotatable bonds is 4. The molecule has 28 heavy (non-hydrogen) atoms. The molecule has 0 aliphatic carbocycles. The first kappa shape index (κ1) is 17.4. The molecule has 3 aromatic heterocycles. The fourth-order valence-corrected chi connectivity index (χ4v) is 4.55. The molecule has 1 aliphatic heterocycles. The highest BCUT2D eigenvalue weighted by atomic mass is 32.1. The minimum Gasteiger partial charge on any atom is -0.494 e. The first-order chi connectivity index (χ1) is 13.7. The lowest BCUT2D eigenvalue weighted by atomic mass is 10.2. The Morgan fingerprint density at radius 2 is 2.00 bits per heavy atom. The summed E-state index contributed by atoms with van der Waals surface area (Å²) in [6.07, 6.45) is 2.47. The molecule has 1 fully saturated rings. The molecule has 1 saturated heterocycles. The summed E-state index contributed by atoms with van der Waals surface area (Å²) in [4.78, 5) is 14.1. The summed E-state index contributed by atoms with van der Waals surface area (Å²) in [6.45, 7) is 4.25. The van der Waals surface area contributed by atoms with E-state index in [-0.39, 0.29) is 0 Å². The number of para-hydroxylation sites is 1. The van der Waals surface area contributed by atoms with Crippen LogP contribution < -0.4 is 9.64 Å². The number of piperazine rings is 1. The van der Waals surface area contributed by atoms with Gasteiger partial charge in [-0.2, -0.15) is 5.10 Å². The number of benzene rings is 1. The minimum atomic E-state index is 0.720. The zero-order chi connectivity index (χ0) is 19.1. The second-order valence-electron chi connectivity index (χ2n) is 7.16. The molecule has 1 aromatic carbocycles. The van der Waals surface area contributed by atoms with E-state index in [0.717, 1.165) is 71.3 Å². The van der Waals surface area contributed by atoms with Crippen LogP contribution in [-0.4, -0.2) is 64.8 Å². The number of thiazole rings is 1. The van der Waals surface area contributed by atoms with Gasteiger partial charge in [0.05, 0.1) is 24.0 Å². The molecular weight excluding hydrogens is 372 g/mol. The van der Waals surface area contributed by atoms with Gasteiger partial charge in [0.2, 0.25) is 0 Å². The van der Waals surface area contributed by atoms with Crippen LogP contribution in [0.1, 0.15) is 11.4 Å². The number of methoxy groups -OCH3 is 1. The van der Waals surface area contributed by atoms with E-state index >= 15 is 0 Å². The highest BCUT2D eigenvalue weighted by Gasteiger charge is 2.17. The SMILES string of the molecule is COc1cccc2c1ncn1nc(Cc3csc(N4CCN(C)CC4)n3)cc21. The van der Waals surface area contributed by atoms with Crippen molar-refractivity contribution < 1.29 is 4.74 Å². The molecule has 0 N–H and O–H groups in total. The van der Waals surface area contributed by atoms with Gasteiger partial charge in [-0.15, -0.1) is 11.3 Å². The summed E-state index contributed by atoms with van der Waals surface area (Å²) in [5, 5.41) is 9.01. The summed E-state index contributed by atoms with van der Waals surface area (Å²) in [7, 11) is 3.84. The molecule has 1 aliphatic rings. The van der Waals surface area contributed by atoms with Crippen LogP contribution in [-0.2, 0) is 6.42 Å². The van der Waals surface area contributed by atoms with Crippen molar-refractivity contribution in [2.75, 3.05) is 45.2 Å². The standard InChI is InChI=1S/C20H22N6OS/c1-24-6-8-25(9-7-24)20-22-15(12-28-20)10-14-11-17-16-4-3-5-18(27-2)19(16)21-13-26(17)23-14/h3-5,11-13H,6-10H2,1-2H3. The van der Waals surface area contributed by atoms with Gasteiger partial charge >= 0.3 is 0 Å². The van der Waals surface area contributed by atoms with Crippen molar-refractivity contribution in [1.82, 2.24) is 24.5 Å². The zero-order valence-electron chi connectivity index (χ0n) is 16.0. The van der Waals surface area contributed by atoms with Gasteiger partial charge < -0.3 is 14.5 Å². The van der Waals surface area contributed by atoms with Gasteiger partial charge in [-0.1, -0.05) is 12.1 Å². The largest absolute Gasteiger partial charge is 0.494 e. The zero-order valence-corrected chi connectivity index (χ0v) is 16.8. The van der Waals surface area contributed by atoms with Crippen molar-refractivity contribution in [3.05, 3.63) is 47.4 Å². The van der Waals surface area contributed by atoms with Crippen LogP contribution in [0.15, 0.2) is 36.0 Å². The number of fused-ring (bicyclic) bond motifs is 3. The van der Waals surface area contributed by atoms with Crippen molar-refractivity contribution in [2.24, 2.45) is 0 Å². The van der Waals surface area contributed by atoms with E-state index in [4.69, 9.17) is 14.8 Å². The van der Waals surface area contributed by atoms with Crippen molar-refractivity contribution in [3.63, 3.8) is 0 Å². The van der Waals surface area contributed by atoms with E-state index in [2.05, 4.69) is 39.3 Å². The predicted molar refractivity (Wildman–Crippen MR) is 112 cm³/mol. The van der Waals surface area contributed by atoms with Crippen molar-refractivity contribution in [2.45, 2.75) is 6.42 Å². The number of likely N-dealkylation sites (N-methyl/N-ethyl adjacent to an activating group) is 1. The van der Waals surface area contributed by atoms with Gasteiger partial charge in [0, 0.05) is 43.4 Å². The van der Waals surface area contributed by atoms with E-state index in [0.29, 0.717) is 0 Å². The van der Waals surface area contributed by atoms with E-state index in [9.17, 15) is 0 Å². The van der Waals surface area contributed by atoms with Crippen LogP contribution in [0.4, 0.5) is 5.13 Å². The third-order valence-electron chi connectivity index (χ3n) is 5.25. The maximum Gasteiger partial charge on any atom is 0.185 e. The Morgan fingerprint density at radius 3 is 2.82 bits per heavy atom. The molecule has 0 bridgehead atoms. The number of ether oxygens (including phenoxy) is 1. The first-order valence-corrected chi connectivity index (χ1v) is 10.3. The minimum absolute atomic E-state index is 0.720. The van der Waals surface area contributed by atoms with Crippen LogP contribution in [0.3, 0.4) is 0 Å². The summed E-state index contributed by atoms with van der Waals surface area (Å²) in [5.41, 5.74) is 3.95. The van der Waals surface area contributed by atoms with Crippen LogP contribution in [0.2, 0.25) is 0 Å². The molecule has 0 amide bonds. The van der Waals surface area contributed by atoms with Crippen LogP contribution in [0.25, 0.3) is 16.4 Å². The highest BCUT2D eigenvalue weighted by molar-refractivity contribution is 7.13. The van der Waals surface area contributed by atoms with E-state index in [1.165, 1.54) is 0 Å². The normalized spacial score (nSPS) is 15.6. The maximum absolute atomic E-state index is 5.44. The highest BCUT2D eigenvalue weighted by Crippen LogP contribution is 2.28. The van der Waals surface area contributed by atoms with Gasteiger partial charge in [0.15, 0.2) is 5.13 Å². The Labute approximate surface area is 167 Å². The third kappa shape index (κ3) is 3.08. The average Bonchev–Trinajstić information content (AvgIpc) is 3.35. The molecular formula is C20H22N6OS. The molecule has 8 heteroatoms. The molecule has 0 spiro atoms. The number of hydrogen-bond donors (Lipinski definition) is 0. The second-order valence-corrected chi connectivity index (χ2v) is 7.99. The van der Waals surface area contributed by atoms with Gasteiger partial charge in [0.1, 0.15) is 17.6 Å². The molecule has 0 radical (unpaired) electrons. The van der Waals surface area contributed by atoms with E-state index in [1.807, 2.05) is 16.6 Å². The second kappa shape index (κ2) is 7.03. The average molecular weight is 395 g/mol. The number of nitrogens with zero attached hydrogens (tertiary/aromatic N) is 6. The molecule has 0 atom stereocenters. The number of aromatic nitrogens is 4. The molecule has 0 unspecified atom stereocenters. The van der Waals surface area contributed by atoms with E-state index in [1.54, 1.807) is 24.8 Å². The van der Waals surface area contributed by atoms with Crippen molar-refractivity contribution in [1.29, 1.82) is 0 Å². The van der Waals surface area contributed by atoms with Crippen molar-refractivity contribution in [3.8, 4) is 5.75 Å². The quantitative estimate of drug-likeness (QED) is 0.530. The number of anilines is 1.